The van der Waals surface area contributed by atoms with Crippen LogP contribution in [0.2, 0.25) is 0 Å². The van der Waals surface area contributed by atoms with Crippen molar-refractivity contribution < 1.29 is 4.79 Å². The van der Waals surface area contributed by atoms with Gasteiger partial charge in [-0.2, -0.15) is 0 Å². The number of nitrogens with zero attached hydrogens (tertiary/aromatic N) is 1. The molecule has 0 saturated heterocycles. The smallest absolute Gasteiger partial charge is 0.178 e. The van der Waals surface area contributed by atoms with Crippen molar-refractivity contribution in [3.05, 3.63) is 24.0 Å². The van der Waals surface area contributed by atoms with Crippen LogP contribution in [0.4, 0.5) is 0 Å². The Morgan fingerprint density at radius 3 is 2.83 bits per heavy atom. The van der Waals surface area contributed by atoms with Crippen molar-refractivity contribution in [1.82, 2.24) is 4.57 Å². The van der Waals surface area contributed by atoms with E-state index in [9.17, 15) is 4.79 Å². The van der Waals surface area contributed by atoms with Gasteiger partial charge in [-0.25, -0.2) is 0 Å². The van der Waals surface area contributed by atoms with Gasteiger partial charge in [0.2, 0.25) is 0 Å². The minimum absolute atomic E-state index is 0.230. The summed E-state index contributed by atoms with van der Waals surface area (Å²) < 4.78 is 2.02. The van der Waals surface area contributed by atoms with Crippen molar-refractivity contribution in [1.29, 1.82) is 0 Å². The van der Waals surface area contributed by atoms with Crippen LogP contribution >= 0.6 is 0 Å². The molecule has 0 aliphatic rings. The highest BCUT2D eigenvalue weighted by Gasteiger charge is 2.06. The van der Waals surface area contributed by atoms with Crippen molar-refractivity contribution in [2.24, 2.45) is 0 Å². The Morgan fingerprint density at radius 1 is 1.50 bits per heavy atom. The molecule has 1 heterocycles. The highest BCUT2D eigenvalue weighted by Crippen LogP contribution is 2.06. The molecule has 0 atom stereocenters. The van der Waals surface area contributed by atoms with Crippen molar-refractivity contribution in [3.63, 3.8) is 0 Å². The Labute approximate surface area is 73.2 Å². The van der Waals surface area contributed by atoms with E-state index in [1.807, 2.05) is 29.8 Å². The monoisotopic (exact) mass is 165 g/mol. The number of ketones is 1. The number of aromatic nitrogens is 1. The summed E-state index contributed by atoms with van der Waals surface area (Å²) in [7, 11) is 0. The van der Waals surface area contributed by atoms with Gasteiger partial charge in [0.25, 0.3) is 0 Å². The van der Waals surface area contributed by atoms with E-state index in [2.05, 4.69) is 6.92 Å². The topological polar surface area (TPSA) is 22.0 Å². The maximum Gasteiger partial charge on any atom is 0.178 e. The Morgan fingerprint density at radius 2 is 2.25 bits per heavy atom. The molecule has 66 valence electrons. The number of aryl methyl sites for hydroxylation is 1. The lowest BCUT2D eigenvalue weighted by molar-refractivity contribution is 0.0979. The van der Waals surface area contributed by atoms with E-state index in [0.717, 1.165) is 18.7 Å². The van der Waals surface area contributed by atoms with Gasteiger partial charge in [-0.1, -0.05) is 13.8 Å². The second-order valence-electron chi connectivity index (χ2n) is 2.86. The number of carbonyl (C=O) groups is 1. The van der Waals surface area contributed by atoms with Gasteiger partial charge in [0.05, 0.1) is 5.69 Å². The van der Waals surface area contributed by atoms with Crippen LogP contribution < -0.4 is 0 Å². The highest BCUT2D eigenvalue weighted by atomic mass is 16.1. The number of rotatable bonds is 4. The summed E-state index contributed by atoms with van der Waals surface area (Å²) >= 11 is 0. The Kier molecular flexibility index (Phi) is 3.09. The first kappa shape index (κ1) is 9.04. The standard InChI is InChI=1S/C10H15NO/c1-3-7-11-8-5-6-9(11)10(12)4-2/h5-6,8H,3-4,7H2,1-2H3. The summed E-state index contributed by atoms with van der Waals surface area (Å²) in [5, 5.41) is 0. The molecule has 0 aliphatic carbocycles. The average molecular weight is 165 g/mol. The van der Waals surface area contributed by atoms with Gasteiger partial charge >= 0.3 is 0 Å². The van der Waals surface area contributed by atoms with Crippen LogP contribution in [0.3, 0.4) is 0 Å². The van der Waals surface area contributed by atoms with E-state index in [1.165, 1.54) is 0 Å². The third-order valence-electron chi connectivity index (χ3n) is 1.90. The third-order valence-corrected chi connectivity index (χ3v) is 1.90. The van der Waals surface area contributed by atoms with Gasteiger partial charge in [0, 0.05) is 19.2 Å². The van der Waals surface area contributed by atoms with Gasteiger partial charge < -0.3 is 4.57 Å². The quantitative estimate of drug-likeness (QED) is 0.628. The van der Waals surface area contributed by atoms with E-state index in [1.54, 1.807) is 0 Å². The van der Waals surface area contributed by atoms with Crippen LogP contribution in [0.5, 0.6) is 0 Å². The molecule has 0 saturated carbocycles. The first-order valence-electron chi connectivity index (χ1n) is 4.48. The molecule has 2 heteroatoms. The number of hydrogen-bond donors (Lipinski definition) is 0. The molecule has 12 heavy (non-hydrogen) atoms. The summed E-state index contributed by atoms with van der Waals surface area (Å²) in [4.78, 5) is 11.3. The predicted octanol–water partition coefficient (Wildman–Crippen LogP) is 2.49. The fourth-order valence-corrected chi connectivity index (χ4v) is 1.28. The summed E-state index contributed by atoms with van der Waals surface area (Å²) in [5.41, 5.74) is 0.847. The van der Waals surface area contributed by atoms with Crippen molar-refractivity contribution in [3.8, 4) is 0 Å². The molecule has 0 aromatic carbocycles. The molecular weight excluding hydrogens is 150 g/mol. The van der Waals surface area contributed by atoms with Crippen molar-refractivity contribution in [2.75, 3.05) is 0 Å². The zero-order valence-electron chi connectivity index (χ0n) is 7.71. The second-order valence-corrected chi connectivity index (χ2v) is 2.86. The molecule has 0 spiro atoms. The lowest BCUT2D eigenvalue weighted by Gasteiger charge is -2.04. The van der Waals surface area contributed by atoms with E-state index in [0.29, 0.717) is 6.42 Å². The molecule has 0 N–H and O–H groups in total. The SMILES string of the molecule is CCCn1cccc1C(=O)CC. The molecule has 0 amide bonds. The Bertz CT molecular complexity index is 263. The summed E-state index contributed by atoms with van der Waals surface area (Å²) in [5.74, 6) is 0.230. The number of hydrogen-bond acceptors (Lipinski definition) is 1. The van der Waals surface area contributed by atoms with Crippen molar-refractivity contribution >= 4 is 5.78 Å². The molecule has 1 rings (SSSR count). The normalized spacial score (nSPS) is 10.2. The summed E-state index contributed by atoms with van der Waals surface area (Å²) in [6.07, 6.45) is 3.62. The lowest BCUT2D eigenvalue weighted by atomic mass is 10.2. The molecule has 2 nitrogen and oxygen atoms in total. The Balaban J connectivity index is 2.83. The minimum atomic E-state index is 0.230. The fraction of sp³-hybridized carbons (Fsp3) is 0.500. The van der Waals surface area contributed by atoms with Crippen LogP contribution in [0.15, 0.2) is 18.3 Å². The molecular formula is C10H15NO. The molecule has 0 unspecified atom stereocenters. The molecule has 1 aromatic rings. The molecule has 1 aromatic heterocycles. The number of Topliss-reactive ketones (excluding diaryl/α,β-unsaturated/α-hetero) is 1. The van der Waals surface area contributed by atoms with Crippen LogP contribution in [0, 0.1) is 0 Å². The maximum absolute atomic E-state index is 11.3. The van der Waals surface area contributed by atoms with Crippen LogP contribution in [0.1, 0.15) is 37.2 Å². The van der Waals surface area contributed by atoms with Gasteiger partial charge in [-0.15, -0.1) is 0 Å². The first-order chi connectivity index (χ1) is 5.79. The second kappa shape index (κ2) is 4.10. The van der Waals surface area contributed by atoms with Crippen LogP contribution in [-0.2, 0) is 6.54 Å². The predicted molar refractivity (Wildman–Crippen MR) is 49.3 cm³/mol. The average Bonchev–Trinajstić information content (AvgIpc) is 2.52. The zero-order valence-corrected chi connectivity index (χ0v) is 7.71. The molecule has 0 bridgehead atoms. The van der Waals surface area contributed by atoms with Crippen LogP contribution in [0.25, 0.3) is 0 Å². The fourth-order valence-electron chi connectivity index (χ4n) is 1.28. The van der Waals surface area contributed by atoms with E-state index >= 15 is 0 Å². The van der Waals surface area contributed by atoms with Crippen molar-refractivity contribution in [2.45, 2.75) is 33.2 Å². The Hall–Kier alpha value is -1.05. The van der Waals surface area contributed by atoms with Gasteiger partial charge in [0.15, 0.2) is 5.78 Å². The van der Waals surface area contributed by atoms with Gasteiger partial charge in [-0.05, 0) is 18.6 Å². The number of carbonyl (C=O) groups excluding carboxylic acids is 1. The molecule has 0 radical (unpaired) electrons. The first-order valence-corrected chi connectivity index (χ1v) is 4.48. The minimum Gasteiger partial charge on any atom is -0.345 e. The van der Waals surface area contributed by atoms with Crippen LogP contribution in [-0.4, -0.2) is 10.4 Å². The van der Waals surface area contributed by atoms with Gasteiger partial charge in [-0.3, -0.25) is 4.79 Å². The van der Waals surface area contributed by atoms with E-state index < -0.39 is 0 Å². The van der Waals surface area contributed by atoms with E-state index in [-0.39, 0.29) is 5.78 Å². The van der Waals surface area contributed by atoms with E-state index in [4.69, 9.17) is 0 Å². The summed E-state index contributed by atoms with van der Waals surface area (Å²) in [6, 6.07) is 3.82. The molecule has 0 aliphatic heterocycles. The largest absolute Gasteiger partial charge is 0.345 e. The maximum atomic E-state index is 11.3. The molecule has 0 fully saturated rings. The lowest BCUT2D eigenvalue weighted by Crippen LogP contribution is -2.06. The van der Waals surface area contributed by atoms with Gasteiger partial charge in [0.1, 0.15) is 0 Å². The highest BCUT2D eigenvalue weighted by molar-refractivity contribution is 5.94. The third kappa shape index (κ3) is 1.76. The zero-order chi connectivity index (χ0) is 8.97. The summed E-state index contributed by atoms with van der Waals surface area (Å²) in [6.45, 7) is 4.94.